The Balaban J connectivity index is 2.02. The Labute approximate surface area is 107 Å². The highest BCUT2D eigenvalue weighted by atomic mass is 16.2. The van der Waals surface area contributed by atoms with Crippen molar-refractivity contribution in [2.75, 3.05) is 31.5 Å². The first-order chi connectivity index (χ1) is 8.50. The molecule has 1 aromatic rings. The number of nitrogens with zero attached hydrogens (tertiary/aromatic N) is 3. The molecule has 0 bridgehead atoms. The number of nitrogens with one attached hydrogen (secondary N) is 2. The van der Waals surface area contributed by atoms with Gasteiger partial charge in [0.05, 0.1) is 17.4 Å². The van der Waals surface area contributed by atoms with Gasteiger partial charge in [-0.05, 0) is 13.8 Å². The highest BCUT2D eigenvalue weighted by Gasteiger charge is 2.35. The van der Waals surface area contributed by atoms with Crippen LogP contribution in [-0.4, -0.2) is 52.3 Å². The maximum Gasteiger partial charge on any atom is 0.244 e. The van der Waals surface area contributed by atoms with Crippen molar-refractivity contribution < 1.29 is 4.79 Å². The van der Waals surface area contributed by atoms with Gasteiger partial charge in [0, 0.05) is 39.4 Å². The van der Waals surface area contributed by atoms with Crippen molar-refractivity contribution in [3.05, 3.63) is 12.4 Å². The molecule has 2 rings (SSSR count). The molecule has 6 heteroatoms. The maximum atomic E-state index is 12.3. The molecular formula is C12H21N5O. The summed E-state index contributed by atoms with van der Waals surface area (Å²) in [4.78, 5) is 14.5. The standard InChI is InChI=1S/C12H21N5O/c1-12(2,17-6-4-13-5-7-17)11(18)15-10-8-14-16(3)9-10/h8-9,13H,4-7H2,1-3H3,(H,15,18). The van der Waals surface area contributed by atoms with E-state index < -0.39 is 5.54 Å². The Bertz CT molecular complexity index is 420. The van der Waals surface area contributed by atoms with Crippen molar-refractivity contribution in [2.24, 2.45) is 7.05 Å². The highest BCUT2D eigenvalue weighted by Crippen LogP contribution is 2.17. The van der Waals surface area contributed by atoms with Crippen LogP contribution in [0.25, 0.3) is 0 Å². The number of hydrogen-bond donors (Lipinski definition) is 2. The van der Waals surface area contributed by atoms with E-state index in [9.17, 15) is 4.79 Å². The lowest BCUT2D eigenvalue weighted by atomic mass is 10.0. The van der Waals surface area contributed by atoms with Crippen LogP contribution >= 0.6 is 0 Å². The minimum atomic E-state index is -0.502. The molecule has 1 amide bonds. The lowest BCUT2D eigenvalue weighted by Crippen LogP contribution is -2.58. The molecular weight excluding hydrogens is 230 g/mol. The van der Waals surface area contributed by atoms with Crippen molar-refractivity contribution in [1.29, 1.82) is 0 Å². The summed E-state index contributed by atoms with van der Waals surface area (Å²) in [6, 6.07) is 0. The molecule has 2 heterocycles. The number of carbonyl (C=O) groups is 1. The van der Waals surface area contributed by atoms with Crippen LogP contribution in [0.3, 0.4) is 0 Å². The van der Waals surface area contributed by atoms with Gasteiger partial charge in [-0.1, -0.05) is 0 Å². The molecule has 6 nitrogen and oxygen atoms in total. The molecule has 0 spiro atoms. The first-order valence-electron chi connectivity index (χ1n) is 6.26. The van der Waals surface area contributed by atoms with Crippen molar-refractivity contribution in [3.63, 3.8) is 0 Å². The average Bonchev–Trinajstić information content (AvgIpc) is 2.76. The quantitative estimate of drug-likeness (QED) is 0.796. The molecule has 100 valence electrons. The van der Waals surface area contributed by atoms with Crippen LogP contribution in [0.15, 0.2) is 12.4 Å². The second-order valence-corrected chi connectivity index (χ2v) is 5.15. The van der Waals surface area contributed by atoms with E-state index in [0.29, 0.717) is 0 Å². The van der Waals surface area contributed by atoms with Gasteiger partial charge in [-0.3, -0.25) is 14.4 Å². The first kappa shape index (κ1) is 13.0. The Morgan fingerprint density at radius 1 is 1.44 bits per heavy atom. The minimum Gasteiger partial charge on any atom is -0.322 e. The predicted octanol–water partition coefficient (Wildman–Crippen LogP) is 0.0424. The van der Waals surface area contributed by atoms with E-state index in [1.54, 1.807) is 17.1 Å². The Hall–Kier alpha value is -1.40. The molecule has 0 radical (unpaired) electrons. The highest BCUT2D eigenvalue weighted by molar-refractivity contribution is 5.97. The summed E-state index contributed by atoms with van der Waals surface area (Å²) in [7, 11) is 1.83. The van der Waals surface area contributed by atoms with Crippen LogP contribution in [-0.2, 0) is 11.8 Å². The number of amides is 1. The van der Waals surface area contributed by atoms with Crippen LogP contribution in [0, 0.1) is 0 Å². The van der Waals surface area contributed by atoms with Crippen LogP contribution in [0.1, 0.15) is 13.8 Å². The topological polar surface area (TPSA) is 62.2 Å². The molecule has 0 saturated carbocycles. The van der Waals surface area contributed by atoms with Crippen molar-refractivity contribution >= 4 is 11.6 Å². The predicted molar refractivity (Wildman–Crippen MR) is 70.4 cm³/mol. The monoisotopic (exact) mass is 251 g/mol. The Morgan fingerprint density at radius 2 is 2.11 bits per heavy atom. The van der Waals surface area contributed by atoms with Crippen molar-refractivity contribution in [3.8, 4) is 0 Å². The average molecular weight is 251 g/mol. The number of aromatic nitrogens is 2. The zero-order chi connectivity index (χ0) is 13.2. The zero-order valence-corrected chi connectivity index (χ0v) is 11.2. The summed E-state index contributed by atoms with van der Waals surface area (Å²) in [5, 5.41) is 10.3. The Kier molecular flexibility index (Phi) is 3.68. The fourth-order valence-electron chi connectivity index (χ4n) is 2.14. The molecule has 1 aromatic heterocycles. The zero-order valence-electron chi connectivity index (χ0n) is 11.2. The van der Waals surface area contributed by atoms with E-state index in [1.165, 1.54) is 0 Å². The molecule has 1 fully saturated rings. The minimum absolute atomic E-state index is 0.0115. The smallest absolute Gasteiger partial charge is 0.244 e. The number of piperazine rings is 1. The van der Waals surface area contributed by atoms with Gasteiger partial charge in [-0.15, -0.1) is 0 Å². The van der Waals surface area contributed by atoms with E-state index in [0.717, 1.165) is 31.9 Å². The number of anilines is 1. The summed E-state index contributed by atoms with van der Waals surface area (Å²) in [5.41, 5.74) is 0.239. The van der Waals surface area contributed by atoms with Crippen LogP contribution < -0.4 is 10.6 Å². The number of aryl methyl sites for hydroxylation is 1. The molecule has 1 aliphatic rings. The van der Waals surface area contributed by atoms with Crippen LogP contribution in [0.4, 0.5) is 5.69 Å². The number of carbonyl (C=O) groups excluding carboxylic acids is 1. The normalized spacial score (nSPS) is 17.7. The van der Waals surface area contributed by atoms with E-state index in [2.05, 4.69) is 20.6 Å². The Morgan fingerprint density at radius 3 is 2.67 bits per heavy atom. The van der Waals surface area contributed by atoms with E-state index in [4.69, 9.17) is 0 Å². The van der Waals surface area contributed by atoms with Gasteiger partial charge in [0.2, 0.25) is 5.91 Å². The molecule has 1 saturated heterocycles. The molecule has 18 heavy (non-hydrogen) atoms. The van der Waals surface area contributed by atoms with E-state index >= 15 is 0 Å². The molecule has 2 N–H and O–H groups in total. The maximum absolute atomic E-state index is 12.3. The van der Waals surface area contributed by atoms with E-state index in [1.807, 2.05) is 20.9 Å². The summed E-state index contributed by atoms with van der Waals surface area (Å²) < 4.78 is 1.67. The van der Waals surface area contributed by atoms with Crippen LogP contribution in [0.5, 0.6) is 0 Å². The van der Waals surface area contributed by atoms with Gasteiger partial charge in [0.25, 0.3) is 0 Å². The summed E-state index contributed by atoms with van der Waals surface area (Å²) in [6.45, 7) is 7.59. The van der Waals surface area contributed by atoms with Crippen LogP contribution in [0.2, 0.25) is 0 Å². The van der Waals surface area contributed by atoms with Gasteiger partial charge >= 0.3 is 0 Å². The van der Waals surface area contributed by atoms with Gasteiger partial charge in [-0.2, -0.15) is 5.10 Å². The van der Waals surface area contributed by atoms with Gasteiger partial charge in [0.15, 0.2) is 0 Å². The summed E-state index contributed by atoms with van der Waals surface area (Å²) in [5.74, 6) is 0.0115. The molecule has 0 aromatic carbocycles. The number of hydrogen-bond acceptors (Lipinski definition) is 4. The van der Waals surface area contributed by atoms with Gasteiger partial charge in [0.1, 0.15) is 0 Å². The van der Waals surface area contributed by atoms with E-state index in [-0.39, 0.29) is 5.91 Å². The fourth-order valence-corrected chi connectivity index (χ4v) is 2.14. The second kappa shape index (κ2) is 5.07. The molecule has 1 aliphatic heterocycles. The lowest BCUT2D eigenvalue weighted by Gasteiger charge is -2.39. The third kappa shape index (κ3) is 2.70. The third-order valence-corrected chi connectivity index (χ3v) is 3.43. The van der Waals surface area contributed by atoms with Crippen molar-refractivity contribution in [1.82, 2.24) is 20.0 Å². The molecule has 0 aliphatic carbocycles. The molecule has 0 atom stereocenters. The molecule has 0 unspecified atom stereocenters. The fraction of sp³-hybridized carbons (Fsp3) is 0.667. The number of rotatable bonds is 3. The SMILES string of the molecule is Cn1cc(NC(=O)C(C)(C)N2CCNCC2)cn1. The largest absolute Gasteiger partial charge is 0.322 e. The third-order valence-electron chi connectivity index (χ3n) is 3.43. The lowest BCUT2D eigenvalue weighted by molar-refractivity contribution is -0.126. The second-order valence-electron chi connectivity index (χ2n) is 5.15. The summed E-state index contributed by atoms with van der Waals surface area (Å²) in [6.07, 6.45) is 3.46. The van der Waals surface area contributed by atoms with Gasteiger partial charge in [-0.25, -0.2) is 0 Å². The van der Waals surface area contributed by atoms with Gasteiger partial charge < -0.3 is 10.6 Å². The summed E-state index contributed by atoms with van der Waals surface area (Å²) >= 11 is 0. The first-order valence-corrected chi connectivity index (χ1v) is 6.26. The van der Waals surface area contributed by atoms with Crippen molar-refractivity contribution in [2.45, 2.75) is 19.4 Å².